The normalized spacial score (nSPS) is 10.9. The molecule has 2 aromatic carbocycles. The van der Waals surface area contributed by atoms with Gasteiger partial charge in [-0.25, -0.2) is 4.39 Å². The molecule has 0 aliphatic carbocycles. The zero-order valence-corrected chi connectivity index (χ0v) is 15.4. The fourth-order valence-electron chi connectivity index (χ4n) is 3.01. The van der Waals surface area contributed by atoms with Crippen molar-refractivity contribution in [2.45, 2.75) is 19.8 Å². The van der Waals surface area contributed by atoms with E-state index in [2.05, 4.69) is 10.3 Å². The highest BCUT2D eigenvalue weighted by Crippen LogP contribution is 2.37. The van der Waals surface area contributed by atoms with Crippen molar-refractivity contribution >= 4 is 28.4 Å². The fourth-order valence-corrected chi connectivity index (χ4v) is 3.25. The number of benzene rings is 2. The number of hydrogen-bond donors (Lipinski definition) is 2. The summed E-state index contributed by atoms with van der Waals surface area (Å²) in [5, 5.41) is 4.24. The van der Waals surface area contributed by atoms with Crippen molar-refractivity contribution in [3.63, 3.8) is 0 Å². The van der Waals surface area contributed by atoms with E-state index in [-0.39, 0.29) is 11.7 Å². The summed E-state index contributed by atoms with van der Waals surface area (Å²) in [4.78, 5) is 14.8. The molecule has 4 nitrogen and oxygen atoms in total. The number of fused-ring (bicyclic) bond motifs is 1. The van der Waals surface area contributed by atoms with Crippen molar-refractivity contribution in [3.8, 4) is 17.0 Å². The van der Waals surface area contributed by atoms with Gasteiger partial charge in [-0.2, -0.15) is 0 Å². The van der Waals surface area contributed by atoms with Crippen molar-refractivity contribution in [2.24, 2.45) is 0 Å². The number of hydrogen-bond acceptors (Lipinski definition) is 2. The van der Waals surface area contributed by atoms with Crippen molar-refractivity contribution < 1.29 is 13.9 Å². The second kappa shape index (κ2) is 7.79. The van der Waals surface area contributed by atoms with E-state index in [1.54, 1.807) is 38.3 Å². The van der Waals surface area contributed by atoms with Gasteiger partial charge in [0.25, 0.3) is 0 Å². The fraction of sp³-hybridized carbons (Fsp3) is 0.250. The Morgan fingerprint density at radius 1 is 1.31 bits per heavy atom. The molecule has 6 heteroatoms. The van der Waals surface area contributed by atoms with Gasteiger partial charge in [0.2, 0.25) is 5.91 Å². The Kier molecular flexibility index (Phi) is 5.47. The van der Waals surface area contributed by atoms with Crippen LogP contribution in [0.1, 0.15) is 18.9 Å². The number of aromatic nitrogens is 1. The number of rotatable bonds is 6. The summed E-state index contributed by atoms with van der Waals surface area (Å²) in [6, 6.07) is 10.2. The topological polar surface area (TPSA) is 54.1 Å². The largest absolute Gasteiger partial charge is 0.495 e. The molecule has 0 aliphatic rings. The Morgan fingerprint density at radius 2 is 2.08 bits per heavy atom. The summed E-state index contributed by atoms with van der Waals surface area (Å²) in [5.41, 5.74) is 2.88. The molecule has 2 N–H and O–H groups in total. The molecule has 0 bridgehead atoms. The van der Waals surface area contributed by atoms with E-state index in [4.69, 9.17) is 16.3 Å². The number of H-pyrrole nitrogens is 1. The third-order valence-corrected chi connectivity index (χ3v) is 4.64. The van der Waals surface area contributed by atoms with Crippen LogP contribution in [0.4, 0.5) is 4.39 Å². The summed E-state index contributed by atoms with van der Waals surface area (Å²) in [5.74, 6) is 0.228. The summed E-state index contributed by atoms with van der Waals surface area (Å²) in [6.45, 7) is 2.27. The lowest BCUT2D eigenvalue weighted by atomic mass is 10.0. The number of carbonyl (C=O) groups is 1. The smallest absolute Gasteiger partial charge is 0.219 e. The number of halogens is 2. The molecule has 0 atom stereocenters. The summed E-state index contributed by atoms with van der Waals surface area (Å²) >= 11 is 6.23. The van der Waals surface area contributed by atoms with E-state index < -0.39 is 0 Å². The Balaban J connectivity index is 2.11. The molecule has 1 heterocycles. The number of aromatic amines is 1. The minimum absolute atomic E-state index is 0.0158. The molecule has 0 aliphatic heterocycles. The molecule has 0 saturated heterocycles. The van der Waals surface area contributed by atoms with Crippen LogP contribution in [0, 0.1) is 5.82 Å². The second-order valence-corrected chi connectivity index (χ2v) is 6.35. The van der Waals surface area contributed by atoms with Gasteiger partial charge in [-0.3, -0.25) is 4.79 Å². The highest BCUT2D eigenvalue weighted by Gasteiger charge is 2.18. The van der Waals surface area contributed by atoms with Crippen LogP contribution in [0.25, 0.3) is 22.2 Å². The average molecular weight is 375 g/mol. The standard InChI is InChI=1S/C20H20ClFN2O2/c1-3-19(25)23-9-8-12-14-10-18(26-2)15(21)11-17(14)24-20(12)13-6-4-5-7-16(13)22/h4-7,10-11,24H,3,8-9H2,1-2H3,(H,23,25). The summed E-state index contributed by atoms with van der Waals surface area (Å²) in [7, 11) is 1.55. The van der Waals surface area contributed by atoms with Gasteiger partial charge in [0.1, 0.15) is 11.6 Å². The van der Waals surface area contributed by atoms with Gasteiger partial charge in [0.15, 0.2) is 0 Å². The van der Waals surface area contributed by atoms with Crippen LogP contribution < -0.4 is 10.1 Å². The number of ether oxygens (including phenoxy) is 1. The molecule has 0 saturated carbocycles. The predicted octanol–water partition coefficient (Wildman–Crippen LogP) is 4.70. The Morgan fingerprint density at radius 3 is 2.77 bits per heavy atom. The maximum atomic E-state index is 14.4. The quantitative estimate of drug-likeness (QED) is 0.656. The van der Waals surface area contributed by atoms with E-state index in [0.29, 0.717) is 41.4 Å². The molecule has 136 valence electrons. The lowest BCUT2D eigenvalue weighted by molar-refractivity contribution is -0.120. The predicted molar refractivity (Wildman–Crippen MR) is 102 cm³/mol. The molecule has 0 radical (unpaired) electrons. The molecule has 0 unspecified atom stereocenters. The Labute approximate surface area is 156 Å². The molecule has 0 spiro atoms. The number of nitrogens with one attached hydrogen (secondary N) is 2. The maximum Gasteiger partial charge on any atom is 0.219 e. The monoisotopic (exact) mass is 374 g/mol. The van der Waals surface area contributed by atoms with Crippen molar-refractivity contribution in [1.82, 2.24) is 10.3 Å². The number of methoxy groups -OCH3 is 1. The highest BCUT2D eigenvalue weighted by molar-refractivity contribution is 6.32. The Hall–Kier alpha value is -2.53. The SMILES string of the molecule is CCC(=O)NCCc1c(-c2ccccc2F)[nH]c2cc(Cl)c(OC)cc12. The molecule has 0 fully saturated rings. The maximum absolute atomic E-state index is 14.4. The molecular weight excluding hydrogens is 355 g/mol. The lowest BCUT2D eigenvalue weighted by Crippen LogP contribution is -2.24. The Bertz CT molecular complexity index is 952. The molecule has 1 aromatic heterocycles. The van der Waals surface area contributed by atoms with E-state index in [0.717, 1.165) is 16.5 Å². The van der Waals surface area contributed by atoms with Crippen LogP contribution in [-0.2, 0) is 11.2 Å². The first-order valence-electron chi connectivity index (χ1n) is 8.44. The van der Waals surface area contributed by atoms with Gasteiger partial charge < -0.3 is 15.0 Å². The van der Waals surface area contributed by atoms with Crippen molar-refractivity contribution in [2.75, 3.05) is 13.7 Å². The zero-order chi connectivity index (χ0) is 18.7. The van der Waals surface area contributed by atoms with Gasteiger partial charge in [0.05, 0.1) is 17.8 Å². The average Bonchev–Trinajstić information content (AvgIpc) is 2.98. The zero-order valence-electron chi connectivity index (χ0n) is 14.7. The number of carbonyl (C=O) groups excluding carboxylic acids is 1. The minimum atomic E-state index is -0.309. The van der Waals surface area contributed by atoms with Crippen LogP contribution in [-0.4, -0.2) is 24.5 Å². The van der Waals surface area contributed by atoms with Crippen molar-refractivity contribution in [3.05, 3.63) is 52.8 Å². The third-order valence-electron chi connectivity index (χ3n) is 4.34. The van der Waals surface area contributed by atoms with Gasteiger partial charge >= 0.3 is 0 Å². The van der Waals surface area contributed by atoms with Gasteiger partial charge in [-0.05, 0) is 36.2 Å². The van der Waals surface area contributed by atoms with E-state index in [9.17, 15) is 9.18 Å². The first-order valence-corrected chi connectivity index (χ1v) is 8.82. The highest BCUT2D eigenvalue weighted by atomic mass is 35.5. The van der Waals surface area contributed by atoms with Crippen LogP contribution in [0.2, 0.25) is 5.02 Å². The van der Waals surface area contributed by atoms with E-state index >= 15 is 0 Å². The summed E-state index contributed by atoms with van der Waals surface area (Å²) < 4.78 is 19.7. The third kappa shape index (κ3) is 3.53. The molecule has 26 heavy (non-hydrogen) atoms. The molecule has 3 rings (SSSR count). The van der Waals surface area contributed by atoms with Gasteiger partial charge in [-0.1, -0.05) is 30.7 Å². The van der Waals surface area contributed by atoms with Crippen LogP contribution in [0.3, 0.4) is 0 Å². The molecule has 1 amide bonds. The second-order valence-electron chi connectivity index (χ2n) is 5.94. The van der Waals surface area contributed by atoms with E-state index in [1.807, 2.05) is 6.07 Å². The van der Waals surface area contributed by atoms with Crippen molar-refractivity contribution in [1.29, 1.82) is 0 Å². The van der Waals surface area contributed by atoms with Gasteiger partial charge in [-0.15, -0.1) is 0 Å². The van der Waals surface area contributed by atoms with Gasteiger partial charge in [0, 0.05) is 29.4 Å². The lowest BCUT2D eigenvalue weighted by Gasteiger charge is -2.08. The molecular formula is C20H20ClFN2O2. The van der Waals surface area contributed by atoms with Crippen LogP contribution in [0.15, 0.2) is 36.4 Å². The number of amides is 1. The van der Waals surface area contributed by atoms with E-state index in [1.165, 1.54) is 6.07 Å². The first kappa shape index (κ1) is 18.3. The van der Waals surface area contributed by atoms with Crippen LogP contribution >= 0.6 is 11.6 Å². The first-order chi connectivity index (χ1) is 12.5. The van der Waals surface area contributed by atoms with Crippen LogP contribution in [0.5, 0.6) is 5.75 Å². The minimum Gasteiger partial charge on any atom is -0.495 e. The summed E-state index contributed by atoms with van der Waals surface area (Å²) in [6.07, 6.45) is 0.984. The molecule has 3 aromatic rings.